The zero-order valence-electron chi connectivity index (χ0n) is 42.5. The summed E-state index contributed by atoms with van der Waals surface area (Å²) in [7, 11) is 0. The first-order valence-corrected chi connectivity index (χ1v) is 25.9. The lowest BCUT2D eigenvalue weighted by Crippen LogP contribution is -2.41. The summed E-state index contributed by atoms with van der Waals surface area (Å²) in [5, 5.41) is 37.3. The number of carboxylic acid groups (broad SMARTS) is 2. The van der Waals surface area contributed by atoms with E-state index in [2.05, 4.69) is 86.8 Å². The highest BCUT2D eigenvalue weighted by Gasteiger charge is 2.21. The number of ketones is 2. The van der Waals surface area contributed by atoms with E-state index >= 15 is 0 Å². The number of carbonyl (C=O) groups excluding carboxylic acids is 4. The molecule has 18 nitrogen and oxygen atoms in total. The highest BCUT2D eigenvalue weighted by atomic mass is 16.5. The average Bonchev–Trinajstić information content (AvgIpc) is 3.91. The van der Waals surface area contributed by atoms with Crippen LogP contribution in [-0.2, 0) is 38.2 Å². The monoisotopic (exact) mass is 994 g/mol. The zero-order valence-corrected chi connectivity index (χ0v) is 42.5. The van der Waals surface area contributed by atoms with Gasteiger partial charge in [0.2, 0.25) is 11.8 Å². The number of Topliss-reactive ketones (excluding diaryl/α,β-unsaturated/α-hetero) is 2. The number of nitrogens with one attached hydrogen (secondary N) is 3. The van der Waals surface area contributed by atoms with E-state index in [1.54, 1.807) is 6.92 Å². The first kappa shape index (κ1) is 61.7. The van der Waals surface area contributed by atoms with E-state index in [0.29, 0.717) is 45.4 Å². The molecular weight excluding hydrogens is 911 g/mol. The minimum absolute atomic E-state index is 0.0369. The van der Waals surface area contributed by atoms with Crippen LogP contribution in [0.15, 0.2) is 64.0 Å². The summed E-state index contributed by atoms with van der Waals surface area (Å²) in [6, 6.07) is 15.1. The Morgan fingerprint density at radius 2 is 1.25 bits per heavy atom. The van der Waals surface area contributed by atoms with Crippen LogP contribution in [0.25, 0.3) is 11.1 Å². The number of hydrogen-bond acceptors (Lipinski definition) is 14. The zero-order chi connectivity index (χ0) is 51.7. The molecule has 0 fully saturated rings. The van der Waals surface area contributed by atoms with Gasteiger partial charge >= 0.3 is 11.9 Å². The number of aliphatic carboxylic acids is 2. The van der Waals surface area contributed by atoms with Crippen LogP contribution >= 0.6 is 0 Å². The predicted molar refractivity (Wildman–Crippen MR) is 274 cm³/mol. The van der Waals surface area contributed by atoms with Crippen molar-refractivity contribution in [3.8, 4) is 16.9 Å². The van der Waals surface area contributed by atoms with Crippen molar-refractivity contribution < 1.29 is 53.2 Å². The van der Waals surface area contributed by atoms with Gasteiger partial charge in [-0.2, -0.15) is 5.11 Å². The summed E-state index contributed by atoms with van der Waals surface area (Å²) in [4.78, 5) is 68.7. The van der Waals surface area contributed by atoms with E-state index in [4.69, 9.17) is 30.2 Å². The number of hydrogen-bond donors (Lipinski definition) is 6. The molecule has 1 aliphatic rings. The molecule has 0 aromatic heterocycles. The molecule has 0 saturated heterocycles. The van der Waals surface area contributed by atoms with Crippen LogP contribution in [0.1, 0.15) is 161 Å². The molecule has 396 valence electrons. The van der Waals surface area contributed by atoms with Gasteiger partial charge in [-0.1, -0.05) is 127 Å². The maximum Gasteiger partial charge on any atom is 0.326 e. The van der Waals surface area contributed by atoms with Crippen molar-refractivity contribution in [2.45, 2.75) is 167 Å². The molecule has 2 aromatic carbocycles. The molecule has 71 heavy (non-hydrogen) atoms. The fraction of sp³-hybridized carbons (Fsp3) is 0.642. The van der Waals surface area contributed by atoms with Crippen LogP contribution < -0.4 is 26.4 Å². The highest BCUT2D eigenvalue weighted by molar-refractivity contribution is 6.03. The molecule has 3 rings (SSSR count). The summed E-state index contributed by atoms with van der Waals surface area (Å²) in [6.45, 7) is 6.32. The molecular formula is C53H83N7O11. The summed E-state index contributed by atoms with van der Waals surface area (Å²) in [6.07, 6.45) is 19.9. The van der Waals surface area contributed by atoms with Crippen molar-refractivity contribution >= 4 is 41.0 Å². The van der Waals surface area contributed by atoms with Gasteiger partial charge in [0.15, 0.2) is 5.78 Å². The van der Waals surface area contributed by atoms with Gasteiger partial charge in [-0.05, 0) is 72.6 Å². The molecule has 0 aliphatic carbocycles. The van der Waals surface area contributed by atoms with Crippen molar-refractivity contribution in [3.63, 3.8) is 0 Å². The maximum atomic E-state index is 11.9. The van der Waals surface area contributed by atoms with Gasteiger partial charge in [0.25, 0.3) is 0 Å². The van der Waals surface area contributed by atoms with E-state index in [0.717, 1.165) is 30.1 Å². The van der Waals surface area contributed by atoms with Crippen LogP contribution in [-0.4, -0.2) is 116 Å². The van der Waals surface area contributed by atoms with Crippen molar-refractivity contribution in [2.24, 2.45) is 21.2 Å². The van der Waals surface area contributed by atoms with Gasteiger partial charge in [-0.15, -0.1) is 5.10 Å². The van der Waals surface area contributed by atoms with Crippen molar-refractivity contribution in [1.82, 2.24) is 16.0 Å². The average molecular weight is 994 g/mol. The fourth-order valence-electron chi connectivity index (χ4n) is 7.56. The molecule has 0 radical (unpaired) electrons. The Morgan fingerprint density at radius 1 is 0.648 bits per heavy atom. The first-order chi connectivity index (χ1) is 34.5. The minimum Gasteiger partial charge on any atom is -0.494 e. The van der Waals surface area contributed by atoms with Gasteiger partial charge in [-0.25, -0.2) is 4.79 Å². The number of amides is 2. The largest absolute Gasteiger partial charge is 0.494 e. The van der Waals surface area contributed by atoms with Gasteiger partial charge < -0.3 is 40.8 Å². The highest BCUT2D eigenvalue weighted by Crippen LogP contribution is 2.24. The Labute approximate surface area is 421 Å². The van der Waals surface area contributed by atoms with Gasteiger partial charge in [-0.3, -0.25) is 29.3 Å². The molecule has 2 aromatic rings. The van der Waals surface area contributed by atoms with E-state index in [1.165, 1.54) is 88.2 Å². The second-order valence-electron chi connectivity index (χ2n) is 17.6. The summed E-state index contributed by atoms with van der Waals surface area (Å²) >= 11 is 0. The number of carboxylic acids is 2. The number of unbranched alkanes of at least 4 members (excludes halogenated alkanes) is 13. The van der Waals surface area contributed by atoms with E-state index in [-0.39, 0.29) is 69.8 Å². The minimum atomic E-state index is -1.19. The van der Waals surface area contributed by atoms with Crippen LogP contribution in [0.3, 0.4) is 0 Å². The van der Waals surface area contributed by atoms with Crippen molar-refractivity contribution in [2.75, 3.05) is 52.8 Å². The fourth-order valence-corrected chi connectivity index (χ4v) is 7.56. The lowest BCUT2D eigenvalue weighted by atomic mass is 10.0. The summed E-state index contributed by atoms with van der Waals surface area (Å²) in [5.41, 5.74) is 9.78. The van der Waals surface area contributed by atoms with Gasteiger partial charge in [0.05, 0.1) is 31.6 Å². The molecule has 0 spiro atoms. The van der Waals surface area contributed by atoms with Crippen molar-refractivity contribution in [3.05, 3.63) is 54.1 Å². The molecule has 2 atom stereocenters. The Hall–Kier alpha value is -5.43. The molecule has 0 saturated carbocycles. The summed E-state index contributed by atoms with van der Waals surface area (Å²) in [5.74, 6) is -2.64. The third kappa shape index (κ3) is 30.8. The topological polar surface area (TPSA) is 270 Å². The Morgan fingerprint density at radius 3 is 1.83 bits per heavy atom. The molecule has 18 heteroatoms. The molecule has 0 bridgehead atoms. The molecule has 1 aliphatic heterocycles. The number of ether oxygens (including phenoxy) is 3. The number of rotatable bonds is 42. The third-order valence-corrected chi connectivity index (χ3v) is 11.7. The Balaban J connectivity index is 0.000000490. The Bertz CT molecular complexity index is 1880. The maximum absolute atomic E-state index is 11.9. The van der Waals surface area contributed by atoms with Crippen LogP contribution in [0, 0.1) is 0 Å². The molecule has 1 unspecified atom stereocenters. The second-order valence-corrected chi connectivity index (χ2v) is 17.6. The lowest BCUT2D eigenvalue weighted by molar-refractivity contribution is -0.142. The van der Waals surface area contributed by atoms with Crippen molar-refractivity contribution in [1.29, 1.82) is 0 Å². The quantitative estimate of drug-likeness (QED) is 0.0208. The van der Waals surface area contributed by atoms with Crippen LogP contribution in [0.5, 0.6) is 5.75 Å². The van der Waals surface area contributed by atoms with Gasteiger partial charge in [0.1, 0.15) is 37.1 Å². The summed E-state index contributed by atoms with van der Waals surface area (Å²) < 4.78 is 16.5. The first-order valence-electron chi connectivity index (χ1n) is 25.9. The second kappa shape index (κ2) is 40.2. The predicted octanol–water partition coefficient (Wildman–Crippen LogP) is 8.33. The Kier molecular flexibility index (Phi) is 34.9. The van der Waals surface area contributed by atoms with E-state index in [9.17, 15) is 28.8 Å². The van der Waals surface area contributed by atoms with E-state index < -0.39 is 36.2 Å². The number of nitrogens with two attached hydrogens (primary N) is 1. The SMILES string of the molecule is CCC(=O)NC(CCC(=O)CCCOCCOCC(=O)NCCCC[C@H](NCN)C(=O)CC(=O)O)C(=O)O.CCCCCCCCCCCCCCCOc1ccc(-c2ccc(C3=NN=NC3)cc2)cc1. The number of nitrogens with zero attached hydrogens (tertiary/aromatic N) is 3. The molecule has 2 amide bonds. The number of benzene rings is 2. The molecule has 1 heterocycles. The molecule has 7 N–H and O–H groups in total. The lowest BCUT2D eigenvalue weighted by Gasteiger charge is -2.15. The number of carbonyl (C=O) groups is 6. The normalized spacial score (nSPS) is 12.6. The van der Waals surface area contributed by atoms with Gasteiger partial charge in [0, 0.05) is 39.1 Å². The van der Waals surface area contributed by atoms with E-state index in [1.807, 2.05) is 0 Å². The smallest absolute Gasteiger partial charge is 0.326 e. The standard InChI is InChI=1S/C29H41N3O.C24H42N4O10/c1-2-3-4-5-6-7-8-9-10-11-12-13-14-23-33-28-21-19-26(20-22-28)25-15-17-27(18-16-25)29-24-30-32-31-29;1-2-21(31)28-19(24(35)36)9-8-17(29)6-5-11-37-12-13-38-15-22(32)26-10-4-3-7-18(27-16-25)20(30)14-23(33)34/h15-22H,2-14,23-24H2,1H3;18-19,27H,2-16,25H2,1H3,(H,26,32)(H,28,31)(H,33,34)(H,35,36)/t;18-,19?/m.0/s1. The van der Waals surface area contributed by atoms with Crippen LogP contribution in [0.4, 0.5) is 0 Å². The van der Waals surface area contributed by atoms with Crippen LogP contribution in [0.2, 0.25) is 0 Å². The third-order valence-electron chi connectivity index (χ3n) is 11.7.